The number of carbonyl (C=O) groups is 1. The van der Waals surface area contributed by atoms with E-state index in [1.807, 2.05) is 40.6 Å². The van der Waals surface area contributed by atoms with Gasteiger partial charge in [0.25, 0.3) is 0 Å². The summed E-state index contributed by atoms with van der Waals surface area (Å²) in [6.45, 7) is 4.07. The van der Waals surface area contributed by atoms with Crippen LogP contribution in [0.4, 0.5) is 9.80 Å². The Hall–Kier alpha value is -2.22. The summed E-state index contributed by atoms with van der Waals surface area (Å²) in [7, 11) is 0. The molecule has 0 bridgehead atoms. The van der Waals surface area contributed by atoms with Gasteiger partial charge in [0.05, 0.1) is 10.7 Å². The fraction of sp³-hybridized carbons (Fsp3) is 0.263. The second-order valence-corrected chi connectivity index (χ2v) is 7.99. The first-order valence-electron chi connectivity index (χ1n) is 8.59. The van der Waals surface area contributed by atoms with Gasteiger partial charge in [-0.2, -0.15) is 0 Å². The van der Waals surface area contributed by atoms with Crippen molar-refractivity contribution in [1.82, 2.24) is 14.8 Å². The Kier molecular flexibility index (Phi) is 5.29. The van der Waals surface area contributed by atoms with Crippen LogP contribution < -0.4 is 5.32 Å². The molecule has 1 saturated heterocycles. The summed E-state index contributed by atoms with van der Waals surface area (Å²) >= 11 is 3.23. The van der Waals surface area contributed by atoms with Gasteiger partial charge >= 0.3 is 6.03 Å². The number of anilines is 1. The molecule has 3 heterocycles. The largest absolute Gasteiger partial charge is 0.322 e. The maximum atomic E-state index is 12.3. The first-order chi connectivity index (χ1) is 12.8. The van der Waals surface area contributed by atoms with Crippen molar-refractivity contribution < 1.29 is 4.79 Å². The maximum Gasteiger partial charge on any atom is 0.322 e. The lowest BCUT2D eigenvalue weighted by Crippen LogP contribution is -2.49. The van der Waals surface area contributed by atoms with Crippen LogP contribution in [0, 0.1) is 0 Å². The van der Waals surface area contributed by atoms with Gasteiger partial charge < -0.3 is 4.90 Å². The standard InChI is InChI=1S/C19H20N4OS2/c24-19(21-17-7-4-12-25-17)23-10-8-22(9-11-23)13-16-14-26-18(20-16)15-5-2-1-3-6-15/h1-7,12,14H,8-11,13H2,(H,21,24). The quantitative estimate of drug-likeness (QED) is 0.733. The van der Waals surface area contributed by atoms with Gasteiger partial charge in [0, 0.05) is 43.7 Å². The molecule has 26 heavy (non-hydrogen) atoms. The Bertz CT molecular complexity index is 840. The van der Waals surface area contributed by atoms with Gasteiger partial charge in [-0.15, -0.1) is 22.7 Å². The molecule has 0 atom stereocenters. The molecule has 0 unspecified atom stereocenters. The first kappa shape index (κ1) is 17.2. The molecule has 2 aromatic heterocycles. The smallest absolute Gasteiger partial charge is 0.322 e. The summed E-state index contributed by atoms with van der Waals surface area (Å²) in [5.74, 6) is 0. The number of benzene rings is 1. The number of hydrogen-bond donors (Lipinski definition) is 1. The Labute approximate surface area is 160 Å². The molecule has 3 aromatic rings. The van der Waals surface area contributed by atoms with Crippen LogP contribution in [0.5, 0.6) is 0 Å². The third-order valence-corrected chi connectivity index (χ3v) is 6.09. The normalized spacial score (nSPS) is 15.2. The van der Waals surface area contributed by atoms with Crippen molar-refractivity contribution >= 4 is 33.7 Å². The lowest BCUT2D eigenvalue weighted by molar-refractivity contribution is 0.142. The lowest BCUT2D eigenvalue weighted by atomic mass is 10.2. The fourth-order valence-corrected chi connectivity index (χ4v) is 4.39. The number of nitrogens with one attached hydrogen (secondary N) is 1. The summed E-state index contributed by atoms with van der Waals surface area (Å²) < 4.78 is 0. The van der Waals surface area contributed by atoms with Crippen LogP contribution in [0.2, 0.25) is 0 Å². The molecule has 0 aliphatic carbocycles. The van der Waals surface area contributed by atoms with Crippen LogP contribution in [0.3, 0.4) is 0 Å². The summed E-state index contributed by atoms with van der Waals surface area (Å²) in [5.41, 5.74) is 2.27. The number of amides is 2. The number of aromatic nitrogens is 1. The lowest BCUT2D eigenvalue weighted by Gasteiger charge is -2.34. The van der Waals surface area contributed by atoms with Gasteiger partial charge in [-0.1, -0.05) is 30.3 Å². The number of hydrogen-bond acceptors (Lipinski definition) is 5. The predicted molar refractivity (Wildman–Crippen MR) is 108 cm³/mol. The molecule has 1 aromatic carbocycles. The van der Waals surface area contributed by atoms with E-state index in [0.717, 1.165) is 48.4 Å². The second kappa shape index (κ2) is 7.99. The van der Waals surface area contributed by atoms with Gasteiger partial charge in [0.2, 0.25) is 0 Å². The van der Waals surface area contributed by atoms with Gasteiger partial charge in [0.15, 0.2) is 0 Å². The minimum Gasteiger partial charge on any atom is -0.322 e. The molecule has 7 heteroatoms. The number of thiophene rings is 1. The Morgan fingerprint density at radius 1 is 1.04 bits per heavy atom. The second-order valence-electron chi connectivity index (χ2n) is 6.18. The van der Waals surface area contributed by atoms with Gasteiger partial charge in [-0.3, -0.25) is 10.2 Å². The van der Waals surface area contributed by atoms with E-state index in [-0.39, 0.29) is 6.03 Å². The average molecular weight is 385 g/mol. The van der Waals surface area contributed by atoms with E-state index < -0.39 is 0 Å². The summed E-state index contributed by atoms with van der Waals surface area (Å²) in [6.07, 6.45) is 0. The van der Waals surface area contributed by atoms with Gasteiger partial charge in [-0.25, -0.2) is 9.78 Å². The molecular weight excluding hydrogens is 364 g/mol. The number of thiazole rings is 1. The summed E-state index contributed by atoms with van der Waals surface area (Å²) in [5, 5.41) is 9.02. The molecule has 4 rings (SSSR count). The van der Waals surface area contributed by atoms with Crippen molar-refractivity contribution in [2.75, 3.05) is 31.5 Å². The Morgan fingerprint density at radius 2 is 1.85 bits per heavy atom. The van der Waals surface area contributed by atoms with Crippen LogP contribution in [-0.2, 0) is 6.54 Å². The van der Waals surface area contributed by atoms with E-state index >= 15 is 0 Å². The zero-order valence-corrected chi connectivity index (χ0v) is 15.9. The van der Waals surface area contributed by atoms with Crippen molar-refractivity contribution in [2.45, 2.75) is 6.54 Å². The molecule has 0 radical (unpaired) electrons. The van der Waals surface area contributed by atoms with Gasteiger partial charge in [-0.05, 0) is 17.5 Å². The first-order valence-corrected chi connectivity index (χ1v) is 10.4. The highest BCUT2D eigenvalue weighted by Crippen LogP contribution is 2.24. The molecule has 0 spiro atoms. The van der Waals surface area contributed by atoms with Crippen molar-refractivity contribution in [2.24, 2.45) is 0 Å². The van der Waals surface area contributed by atoms with Crippen LogP contribution in [-0.4, -0.2) is 47.0 Å². The van der Waals surface area contributed by atoms with E-state index in [4.69, 9.17) is 4.98 Å². The average Bonchev–Trinajstić information content (AvgIpc) is 3.35. The highest BCUT2D eigenvalue weighted by molar-refractivity contribution is 7.14. The number of urea groups is 1. The SMILES string of the molecule is O=C(Nc1cccs1)N1CCN(Cc2csc(-c3ccccc3)n2)CC1. The maximum absolute atomic E-state index is 12.3. The summed E-state index contributed by atoms with van der Waals surface area (Å²) in [6, 6.07) is 14.1. The van der Waals surface area contributed by atoms with Crippen LogP contribution >= 0.6 is 22.7 Å². The Balaban J connectivity index is 1.29. The Morgan fingerprint density at radius 3 is 2.58 bits per heavy atom. The molecular formula is C19H20N4OS2. The molecule has 1 N–H and O–H groups in total. The predicted octanol–water partition coefficient (Wildman–Crippen LogP) is 4.22. The van der Waals surface area contributed by atoms with E-state index in [0.29, 0.717) is 0 Å². The molecule has 5 nitrogen and oxygen atoms in total. The van der Waals surface area contributed by atoms with Crippen LogP contribution in [0.1, 0.15) is 5.69 Å². The van der Waals surface area contributed by atoms with Crippen molar-refractivity contribution in [3.8, 4) is 10.6 Å². The number of nitrogens with zero attached hydrogens (tertiary/aromatic N) is 3. The molecule has 1 aliphatic rings. The van der Waals surface area contributed by atoms with Crippen LogP contribution in [0.15, 0.2) is 53.2 Å². The van der Waals surface area contributed by atoms with E-state index in [9.17, 15) is 4.79 Å². The van der Waals surface area contributed by atoms with E-state index in [1.54, 1.807) is 22.7 Å². The summed E-state index contributed by atoms with van der Waals surface area (Å²) in [4.78, 5) is 21.3. The van der Waals surface area contributed by atoms with Crippen molar-refractivity contribution in [1.29, 1.82) is 0 Å². The van der Waals surface area contributed by atoms with Gasteiger partial charge in [0.1, 0.15) is 5.01 Å². The van der Waals surface area contributed by atoms with E-state index in [1.165, 1.54) is 5.56 Å². The molecule has 0 saturated carbocycles. The zero-order valence-electron chi connectivity index (χ0n) is 14.3. The van der Waals surface area contributed by atoms with E-state index in [2.05, 4.69) is 27.7 Å². The van der Waals surface area contributed by atoms with Crippen LogP contribution in [0.25, 0.3) is 10.6 Å². The molecule has 1 aliphatic heterocycles. The molecule has 134 valence electrons. The topological polar surface area (TPSA) is 48.5 Å². The number of carbonyl (C=O) groups excluding carboxylic acids is 1. The minimum absolute atomic E-state index is 0.00729. The van der Waals surface area contributed by atoms with Crippen molar-refractivity contribution in [3.05, 3.63) is 58.9 Å². The fourth-order valence-electron chi connectivity index (χ4n) is 2.97. The third kappa shape index (κ3) is 4.12. The highest BCUT2D eigenvalue weighted by Gasteiger charge is 2.22. The number of rotatable bonds is 4. The monoisotopic (exact) mass is 384 g/mol. The molecule has 1 fully saturated rings. The number of piperazine rings is 1. The zero-order chi connectivity index (χ0) is 17.8. The molecule has 2 amide bonds. The highest BCUT2D eigenvalue weighted by atomic mass is 32.1. The van der Waals surface area contributed by atoms with Crippen molar-refractivity contribution in [3.63, 3.8) is 0 Å². The minimum atomic E-state index is -0.00729. The third-order valence-electron chi connectivity index (χ3n) is 4.37.